The Hall–Kier alpha value is -0.840. The molecule has 5 heteroatoms. The number of aromatic nitrogens is 2. The van der Waals surface area contributed by atoms with E-state index in [0.717, 1.165) is 6.42 Å². The van der Waals surface area contributed by atoms with Crippen LogP contribution >= 0.6 is 15.9 Å². The van der Waals surface area contributed by atoms with Gasteiger partial charge >= 0.3 is 0 Å². The van der Waals surface area contributed by atoms with Gasteiger partial charge in [0.05, 0.1) is 6.33 Å². The summed E-state index contributed by atoms with van der Waals surface area (Å²) in [5, 5.41) is 2.80. The van der Waals surface area contributed by atoms with Gasteiger partial charge in [0.2, 0.25) is 0 Å². The second kappa shape index (κ2) is 5.14. The third-order valence-electron chi connectivity index (χ3n) is 1.86. The maximum absolute atomic E-state index is 11.5. The van der Waals surface area contributed by atoms with Crippen molar-refractivity contribution >= 4 is 21.8 Å². The molecule has 0 spiro atoms. The molecule has 1 amide bonds. The van der Waals surface area contributed by atoms with Gasteiger partial charge in [0.15, 0.2) is 0 Å². The Morgan fingerprint density at radius 1 is 1.79 bits per heavy atom. The van der Waals surface area contributed by atoms with E-state index in [1.54, 1.807) is 17.1 Å². The average Bonchev–Trinajstić information content (AvgIpc) is 2.60. The molecule has 1 aromatic heterocycles. The summed E-state index contributed by atoms with van der Waals surface area (Å²) < 4.78 is 1.75. The summed E-state index contributed by atoms with van der Waals surface area (Å²) in [6.45, 7) is 2.69. The Morgan fingerprint density at radius 2 is 2.50 bits per heavy atom. The number of nitrogens with one attached hydrogen (secondary N) is 1. The molecular weight excluding hydrogens is 246 g/mol. The quantitative estimate of drug-likeness (QED) is 0.830. The predicted octanol–water partition coefficient (Wildman–Crippen LogP) is 1.32. The fourth-order valence-electron chi connectivity index (χ4n) is 0.968. The van der Waals surface area contributed by atoms with Crippen molar-refractivity contribution in [2.24, 2.45) is 7.05 Å². The molecule has 1 atom stereocenters. The molecule has 0 fully saturated rings. The monoisotopic (exact) mass is 259 g/mol. The summed E-state index contributed by atoms with van der Waals surface area (Å²) in [6, 6.07) is 0. The summed E-state index contributed by atoms with van der Waals surface area (Å²) in [4.78, 5) is 15.8. The van der Waals surface area contributed by atoms with Gasteiger partial charge in [-0.3, -0.25) is 4.79 Å². The van der Waals surface area contributed by atoms with Gasteiger partial charge in [-0.25, -0.2) is 4.98 Å². The zero-order valence-corrected chi connectivity index (χ0v) is 9.91. The van der Waals surface area contributed by atoms with Gasteiger partial charge in [-0.1, -0.05) is 22.9 Å². The average molecular weight is 260 g/mol. The van der Waals surface area contributed by atoms with E-state index in [0.29, 0.717) is 17.1 Å². The predicted molar refractivity (Wildman–Crippen MR) is 58.5 cm³/mol. The number of carbonyl (C=O) groups is 1. The number of hydrogen-bond donors (Lipinski definition) is 1. The molecule has 1 unspecified atom stereocenters. The molecule has 1 aromatic rings. The number of carbonyl (C=O) groups excluding carboxylic acids is 1. The Bertz CT molecular complexity index is 311. The molecule has 0 aliphatic heterocycles. The van der Waals surface area contributed by atoms with E-state index < -0.39 is 0 Å². The van der Waals surface area contributed by atoms with E-state index in [4.69, 9.17) is 0 Å². The van der Waals surface area contributed by atoms with Gasteiger partial charge < -0.3 is 9.88 Å². The number of alkyl halides is 1. The summed E-state index contributed by atoms with van der Waals surface area (Å²) in [5.41, 5.74) is 0.461. The van der Waals surface area contributed by atoms with Gasteiger partial charge in [-0.05, 0) is 6.42 Å². The molecule has 0 saturated carbocycles. The zero-order valence-electron chi connectivity index (χ0n) is 8.33. The second-order valence-electron chi connectivity index (χ2n) is 3.14. The molecule has 0 aliphatic carbocycles. The molecule has 0 radical (unpaired) electrons. The van der Waals surface area contributed by atoms with Crippen LogP contribution in [0.25, 0.3) is 0 Å². The van der Waals surface area contributed by atoms with Gasteiger partial charge in [0.1, 0.15) is 5.69 Å². The van der Waals surface area contributed by atoms with Crippen molar-refractivity contribution in [3.05, 3.63) is 18.2 Å². The highest BCUT2D eigenvalue weighted by Gasteiger charge is 2.09. The zero-order chi connectivity index (χ0) is 10.6. The highest BCUT2D eigenvalue weighted by molar-refractivity contribution is 9.09. The van der Waals surface area contributed by atoms with Crippen molar-refractivity contribution in [1.29, 1.82) is 0 Å². The minimum Gasteiger partial charge on any atom is -0.350 e. The van der Waals surface area contributed by atoms with E-state index in [-0.39, 0.29) is 5.91 Å². The first-order chi connectivity index (χ1) is 6.63. The maximum atomic E-state index is 11.5. The van der Waals surface area contributed by atoms with Crippen LogP contribution in [0, 0.1) is 0 Å². The third kappa shape index (κ3) is 3.14. The molecule has 1 N–H and O–H groups in total. The molecule has 1 heterocycles. The van der Waals surface area contributed by atoms with Crippen LogP contribution in [0.5, 0.6) is 0 Å². The van der Waals surface area contributed by atoms with E-state index >= 15 is 0 Å². The van der Waals surface area contributed by atoms with Crippen LogP contribution in [0.15, 0.2) is 12.5 Å². The summed E-state index contributed by atoms with van der Waals surface area (Å²) in [5.74, 6) is -0.122. The fourth-order valence-corrected chi connectivity index (χ4v) is 1.13. The lowest BCUT2D eigenvalue weighted by Crippen LogP contribution is -2.29. The van der Waals surface area contributed by atoms with Crippen molar-refractivity contribution in [1.82, 2.24) is 14.9 Å². The van der Waals surface area contributed by atoms with Crippen LogP contribution in [-0.4, -0.2) is 26.8 Å². The lowest BCUT2D eigenvalue weighted by molar-refractivity contribution is 0.0949. The minimum atomic E-state index is -0.122. The van der Waals surface area contributed by atoms with Crippen LogP contribution in [0.2, 0.25) is 0 Å². The van der Waals surface area contributed by atoms with Crippen molar-refractivity contribution in [2.45, 2.75) is 18.2 Å². The SMILES string of the molecule is CCC(Br)CNC(=O)c1cn(C)cn1. The first-order valence-corrected chi connectivity index (χ1v) is 5.45. The highest BCUT2D eigenvalue weighted by Crippen LogP contribution is 2.02. The number of amides is 1. The van der Waals surface area contributed by atoms with E-state index in [1.165, 1.54) is 0 Å². The molecule has 14 heavy (non-hydrogen) atoms. The topological polar surface area (TPSA) is 46.9 Å². The van der Waals surface area contributed by atoms with E-state index in [1.807, 2.05) is 7.05 Å². The Kier molecular flexibility index (Phi) is 4.13. The van der Waals surface area contributed by atoms with Crippen LogP contribution in [0.4, 0.5) is 0 Å². The van der Waals surface area contributed by atoms with Crippen molar-refractivity contribution < 1.29 is 4.79 Å². The van der Waals surface area contributed by atoms with Crippen LogP contribution in [-0.2, 0) is 7.05 Å². The van der Waals surface area contributed by atoms with E-state index in [9.17, 15) is 4.79 Å². The maximum Gasteiger partial charge on any atom is 0.271 e. The molecule has 1 rings (SSSR count). The van der Waals surface area contributed by atoms with Crippen LogP contribution in [0.1, 0.15) is 23.8 Å². The number of halogens is 1. The lowest BCUT2D eigenvalue weighted by Gasteiger charge is -2.06. The summed E-state index contributed by atoms with van der Waals surface area (Å²) in [6.07, 6.45) is 4.30. The molecule has 0 bridgehead atoms. The van der Waals surface area contributed by atoms with E-state index in [2.05, 4.69) is 33.2 Å². The van der Waals surface area contributed by atoms with Crippen LogP contribution in [0.3, 0.4) is 0 Å². The number of nitrogens with zero attached hydrogens (tertiary/aromatic N) is 2. The minimum absolute atomic E-state index is 0.122. The second-order valence-corrected chi connectivity index (χ2v) is 4.43. The summed E-state index contributed by atoms with van der Waals surface area (Å²) >= 11 is 3.44. The number of aryl methyl sites for hydroxylation is 1. The lowest BCUT2D eigenvalue weighted by atomic mass is 10.3. The largest absolute Gasteiger partial charge is 0.350 e. The van der Waals surface area contributed by atoms with Crippen LogP contribution < -0.4 is 5.32 Å². The molecule has 0 aromatic carbocycles. The highest BCUT2D eigenvalue weighted by atomic mass is 79.9. The Morgan fingerprint density at radius 3 is 3.00 bits per heavy atom. The third-order valence-corrected chi connectivity index (χ3v) is 2.84. The fraction of sp³-hybridized carbons (Fsp3) is 0.556. The van der Waals surface area contributed by atoms with Crippen molar-refractivity contribution in [2.75, 3.05) is 6.54 Å². The van der Waals surface area contributed by atoms with Gasteiger partial charge in [-0.2, -0.15) is 0 Å². The Labute approximate surface area is 91.8 Å². The molecule has 78 valence electrons. The molecular formula is C9H14BrN3O. The first kappa shape index (κ1) is 11.2. The van der Waals surface area contributed by atoms with Crippen molar-refractivity contribution in [3.8, 4) is 0 Å². The van der Waals surface area contributed by atoms with Gasteiger partial charge in [0.25, 0.3) is 5.91 Å². The van der Waals surface area contributed by atoms with Gasteiger partial charge in [-0.15, -0.1) is 0 Å². The number of rotatable bonds is 4. The molecule has 0 saturated heterocycles. The number of imidazole rings is 1. The van der Waals surface area contributed by atoms with Gasteiger partial charge in [0, 0.05) is 24.6 Å². The Balaban J connectivity index is 2.43. The first-order valence-electron chi connectivity index (χ1n) is 4.53. The number of hydrogen-bond acceptors (Lipinski definition) is 2. The normalized spacial score (nSPS) is 12.5. The molecule has 0 aliphatic rings. The summed E-state index contributed by atoms with van der Waals surface area (Å²) in [7, 11) is 1.84. The smallest absolute Gasteiger partial charge is 0.271 e. The standard InChI is InChI=1S/C9H14BrN3O/c1-3-7(10)4-11-9(14)8-5-13(2)6-12-8/h5-7H,3-4H2,1-2H3,(H,11,14). The molecule has 4 nitrogen and oxygen atoms in total. The van der Waals surface area contributed by atoms with Crippen molar-refractivity contribution in [3.63, 3.8) is 0 Å².